The van der Waals surface area contributed by atoms with Crippen molar-refractivity contribution < 1.29 is 26.4 Å². The summed E-state index contributed by atoms with van der Waals surface area (Å²) in [5.41, 5.74) is 2.55. The molecule has 0 bridgehead atoms. The average molecular weight is 773 g/mol. The van der Waals surface area contributed by atoms with E-state index in [1.165, 1.54) is 79.8 Å². The molecule has 2 aromatic heterocycles. The average Bonchev–Trinajstić information content (AvgIpc) is 3.83. The summed E-state index contributed by atoms with van der Waals surface area (Å²) in [7, 11) is -7.68. The van der Waals surface area contributed by atoms with Crippen LogP contribution in [0.2, 0.25) is 0 Å². The Kier molecular flexibility index (Phi) is 10.8. The van der Waals surface area contributed by atoms with Gasteiger partial charge in [-0.25, -0.2) is 26.8 Å². The van der Waals surface area contributed by atoms with Gasteiger partial charge in [0.25, 0.3) is 31.9 Å². The summed E-state index contributed by atoms with van der Waals surface area (Å²) in [6, 6.07) is 29.0. The van der Waals surface area contributed by atoms with Gasteiger partial charge in [-0.05, 0) is 86.6 Å². The van der Waals surface area contributed by atoms with Crippen molar-refractivity contribution in [2.75, 3.05) is 32.3 Å². The highest BCUT2D eigenvalue weighted by molar-refractivity contribution is 7.93. The van der Waals surface area contributed by atoms with Gasteiger partial charge in [0.15, 0.2) is 10.3 Å². The molecular formula is C36H32N6O6S4. The molecule has 0 atom stereocenters. The van der Waals surface area contributed by atoms with Gasteiger partial charge in [-0.2, -0.15) is 0 Å². The van der Waals surface area contributed by atoms with E-state index in [1.807, 2.05) is 12.1 Å². The number of aromatic nitrogens is 2. The summed E-state index contributed by atoms with van der Waals surface area (Å²) in [5.74, 6) is -0.930. The minimum Gasteiger partial charge on any atom is -0.298 e. The van der Waals surface area contributed by atoms with Crippen LogP contribution in [-0.4, -0.2) is 51.7 Å². The van der Waals surface area contributed by atoms with Crippen LogP contribution in [-0.2, 0) is 20.0 Å². The van der Waals surface area contributed by atoms with Gasteiger partial charge in [0.1, 0.15) is 11.4 Å². The zero-order chi connectivity index (χ0) is 36.9. The van der Waals surface area contributed by atoms with E-state index in [4.69, 9.17) is 0 Å². The maximum absolute atomic E-state index is 13.3. The van der Waals surface area contributed by atoms with Crippen LogP contribution in [0.3, 0.4) is 0 Å². The van der Waals surface area contributed by atoms with E-state index in [0.29, 0.717) is 33.0 Å². The second-order valence-corrected chi connectivity index (χ2v) is 16.5. The van der Waals surface area contributed by atoms with Crippen molar-refractivity contribution >= 4 is 76.2 Å². The van der Waals surface area contributed by atoms with Crippen molar-refractivity contribution in [2.45, 2.75) is 23.6 Å². The highest BCUT2D eigenvalue weighted by atomic mass is 32.2. The Hall–Kier alpha value is -5.42. The molecule has 16 heteroatoms. The van der Waals surface area contributed by atoms with Crippen LogP contribution in [0.1, 0.15) is 34.6 Å². The lowest BCUT2D eigenvalue weighted by molar-refractivity contribution is 0.101. The molecule has 2 amide bonds. The van der Waals surface area contributed by atoms with E-state index < -0.39 is 31.9 Å². The first-order valence-corrected chi connectivity index (χ1v) is 20.5. The predicted octanol–water partition coefficient (Wildman–Crippen LogP) is 7.20. The molecule has 2 N–H and O–H groups in total. The maximum atomic E-state index is 13.3. The minimum atomic E-state index is -3.84. The minimum absolute atomic E-state index is 0.0600. The Morgan fingerprint density at radius 3 is 1.23 bits per heavy atom. The largest absolute Gasteiger partial charge is 0.298 e. The number of para-hydroxylation sites is 2. The molecule has 52 heavy (non-hydrogen) atoms. The van der Waals surface area contributed by atoms with E-state index in [-0.39, 0.29) is 34.0 Å². The number of anilines is 4. The Labute approximate surface area is 309 Å². The fraction of sp³-hybridized carbons (Fsp3) is 0.111. The summed E-state index contributed by atoms with van der Waals surface area (Å²) < 4.78 is 55.8. The van der Waals surface area contributed by atoms with E-state index >= 15 is 0 Å². The molecule has 0 unspecified atom stereocenters. The Morgan fingerprint density at radius 1 is 0.558 bits per heavy atom. The molecule has 0 fully saturated rings. The van der Waals surface area contributed by atoms with Crippen molar-refractivity contribution in [1.29, 1.82) is 0 Å². The number of nitrogens with one attached hydrogen (secondary N) is 2. The number of carbonyl (C=O) groups is 2. The number of hydrogen-bond acceptors (Lipinski definition) is 10. The molecule has 0 aliphatic rings. The smallest absolute Gasteiger partial charge is 0.264 e. The van der Waals surface area contributed by atoms with Crippen molar-refractivity contribution in [2.24, 2.45) is 0 Å². The molecule has 6 rings (SSSR count). The molecule has 0 aliphatic heterocycles. The van der Waals surface area contributed by atoms with Gasteiger partial charge >= 0.3 is 0 Å². The fourth-order valence-corrected chi connectivity index (χ4v) is 9.56. The molecule has 0 saturated carbocycles. The van der Waals surface area contributed by atoms with Crippen LogP contribution < -0.4 is 19.2 Å². The molecule has 0 spiro atoms. The summed E-state index contributed by atoms with van der Waals surface area (Å²) in [4.78, 5) is 35.0. The molecule has 6 aromatic rings. The number of rotatable bonds is 13. The van der Waals surface area contributed by atoms with E-state index in [1.54, 1.807) is 73.1 Å². The van der Waals surface area contributed by atoms with Gasteiger partial charge in [-0.3, -0.25) is 28.8 Å². The molecule has 0 radical (unpaired) electrons. The van der Waals surface area contributed by atoms with Gasteiger partial charge in [0.2, 0.25) is 0 Å². The summed E-state index contributed by atoms with van der Waals surface area (Å²) >= 11 is 2.37. The van der Waals surface area contributed by atoms with Crippen LogP contribution >= 0.6 is 22.7 Å². The summed E-state index contributed by atoms with van der Waals surface area (Å²) in [6.45, 7) is 3.99. The van der Waals surface area contributed by atoms with Crippen molar-refractivity contribution in [1.82, 2.24) is 9.97 Å². The van der Waals surface area contributed by atoms with Crippen molar-refractivity contribution in [3.05, 3.63) is 131 Å². The lowest BCUT2D eigenvalue weighted by Gasteiger charge is -2.23. The fourth-order valence-electron chi connectivity index (χ4n) is 5.22. The number of carbonyl (C=O) groups excluding carboxylic acids is 2. The SMILES string of the molecule is CCN(c1ccccc1)S(=O)(=O)c1ccc(C(=O)Nc2nc(-c3csc(NC(=O)c4ccc(S(=O)(=O)N(CC)c5ccccc5)cc4)n3)cs2)cc1. The number of amides is 2. The monoisotopic (exact) mass is 772 g/mol. The van der Waals surface area contributed by atoms with E-state index in [9.17, 15) is 26.4 Å². The molecule has 0 aliphatic carbocycles. The van der Waals surface area contributed by atoms with Crippen LogP contribution in [0.25, 0.3) is 11.4 Å². The topological polar surface area (TPSA) is 159 Å². The van der Waals surface area contributed by atoms with Gasteiger partial charge in [-0.1, -0.05) is 36.4 Å². The van der Waals surface area contributed by atoms with Crippen LogP contribution in [0, 0.1) is 0 Å². The summed E-state index contributed by atoms with van der Waals surface area (Å²) in [5, 5.41) is 9.50. The molecule has 266 valence electrons. The maximum Gasteiger partial charge on any atom is 0.264 e. The second-order valence-electron chi connectivity index (χ2n) is 11.0. The first-order chi connectivity index (χ1) is 25.0. The standard InChI is InChI=1S/C36H32N6O6S4/c1-3-41(27-11-7-5-8-12-27)51(45,46)29-19-15-25(16-20-29)33(43)39-35-37-31(23-49-35)32-24-50-36(38-32)40-34(44)26-17-21-30(22-18-26)52(47,48)42(4-2)28-13-9-6-10-14-28/h5-24H,3-4H2,1-2H3,(H,37,39,43)(H,38,40,44). The first kappa shape index (κ1) is 36.4. The number of sulfonamides is 2. The van der Waals surface area contributed by atoms with Crippen LogP contribution in [0.15, 0.2) is 130 Å². The zero-order valence-corrected chi connectivity index (χ0v) is 31.1. The van der Waals surface area contributed by atoms with Gasteiger partial charge in [0, 0.05) is 35.0 Å². The third kappa shape index (κ3) is 7.74. The second kappa shape index (κ2) is 15.4. The first-order valence-electron chi connectivity index (χ1n) is 15.9. The number of thiazole rings is 2. The molecule has 2 heterocycles. The molecule has 4 aromatic carbocycles. The highest BCUT2D eigenvalue weighted by Gasteiger charge is 2.25. The summed E-state index contributed by atoms with van der Waals surface area (Å²) in [6.07, 6.45) is 0. The van der Waals surface area contributed by atoms with Crippen molar-refractivity contribution in [3.63, 3.8) is 0 Å². The van der Waals surface area contributed by atoms with Gasteiger partial charge < -0.3 is 0 Å². The third-order valence-corrected chi connectivity index (χ3v) is 13.1. The quantitative estimate of drug-likeness (QED) is 0.125. The molecule has 12 nitrogen and oxygen atoms in total. The molecule has 0 saturated heterocycles. The number of benzene rings is 4. The number of hydrogen-bond donors (Lipinski definition) is 2. The van der Waals surface area contributed by atoms with Gasteiger partial charge in [0.05, 0.1) is 21.2 Å². The van der Waals surface area contributed by atoms with E-state index in [0.717, 1.165) is 0 Å². The Bertz CT molecular complexity index is 2230. The normalized spacial score (nSPS) is 11.5. The molecular weight excluding hydrogens is 741 g/mol. The van der Waals surface area contributed by atoms with Crippen molar-refractivity contribution in [3.8, 4) is 11.4 Å². The van der Waals surface area contributed by atoms with Crippen LogP contribution in [0.5, 0.6) is 0 Å². The zero-order valence-electron chi connectivity index (χ0n) is 27.8. The lowest BCUT2D eigenvalue weighted by atomic mass is 10.2. The van der Waals surface area contributed by atoms with Crippen LogP contribution in [0.4, 0.5) is 21.6 Å². The Balaban J connectivity index is 1.07. The van der Waals surface area contributed by atoms with Gasteiger partial charge in [-0.15, -0.1) is 22.7 Å². The number of nitrogens with zero attached hydrogens (tertiary/aromatic N) is 4. The third-order valence-electron chi connectivity index (χ3n) is 7.78. The highest BCUT2D eigenvalue weighted by Crippen LogP contribution is 2.30. The predicted molar refractivity (Wildman–Crippen MR) is 205 cm³/mol. The Morgan fingerprint density at radius 2 is 0.904 bits per heavy atom. The van der Waals surface area contributed by atoms with E-state index in [2.05, 4.69) is 20.6 Å². The lowest BCUT2D eigenvalue weighted by Crippen LogP contribution is -2.30.